The first-order chi connectivity index (χ1) is 8.09. The average Bonchev–Trinajstić information content (AvgIpc) is 2.17. The third kappa shape index (κ3) is 3.15. The van der Waals surface area contributed by atoms with Crippen LogP contribution in [0, 0.1) is 10.8 Å². The van der Waals surface area contributed by atoms with Gasteiger partial charge in [0, 0.05) is 18.7 Å². The number of hydrogen-bond donors (Lipinski definition) is 0. The summed E-state index contributed by atoms with van der Waals surface area (Å²) < 4.78 is 0. The van der Waals surface area contributed by atoms with Gasteiger partial charge in [0.1, 0.15) is 0 Å². The summed E-state index contributed by atoms with van der Waals surface area (Å²) in [6, 6.07) is 0. The molecule has 0 bridgehead atoms. The highest BCUT2D eigenvalue weighted by atomic mass is 16.2. The van der Waals surface area contributed by atoms with Crippen molar-refractivity contribution in [3.8, 4) is 0 Å². The molecule has 2 nitrogen and oxygen atoms in total. The van der Waals surface area contributed by atoms with Crippen molar-refractivity contribution in [1.82, 2.24) is 4.90 Å². The average molecular weight is 251 g/mol. The zero-order valence-corrected chi connectivity index (χ0v) is 13.2. The van der Waals surface area contributed by atoms with Gasteiger partial charge < -0.3 is 4.90 Å². The predicted octanol–water partition coefficient (Wildman–Crippen LogP) is 4.02. The van der Waals surface area contributed by atoms with Crippen LogP contribution in [0.1, 0.15) is 61.3 Å². The molecule has 1 rings (SSSR count). The van der Waals surface area contributed by atoms with Crippen molar-refractivity contribution >= 4 is 5.91 Å². The Kier molecular flexibility index (Phi) is 4.30. The summed E-state index contributed by atoms with van der Waals surface area (Å²) in [6.07, 6.45) is 2.07. The Morgan fingerprint density at radius 1 is 1.06 bits per heavy atom. The Labute approximate surface area is 112 Å². The second-order valence-electron chi connectivity index (χ2n) is 7.40. The Bertz CT molecular complexity index is 352. The molecule has 0 aromatic rings. The highest BCUT2D eigenvalue weighted by molar-refractivity contribution is 5.96. The van der Waals surface area contributed by atoms with Gasteiger partial charge in [-0.15, -0.1) is 0 Å². The summed E-state index contributed by atoms with van der Waals surface area (Å²) >= 11 is 0. The molecule has 0 saturated carbocycles. The molecule has 0 unspecified atom stereocenters. The van der Waals surface area contributed by atoms with E-state index in [1.165, 1.54) is 5.57 Å². The fraction of sp³-hybridized carbons (Fsp3) is 0.812. The number of carbonyl (C=O) groups excluding carboxylic acids is 1. The van der Waals surface area contributed by atoms with Crippen molar-refractivity contribution in [3.05, 3.63) is 11.1 Å². The summed E-state index contributed by atoms with van der Waals surface area (Å²) in [7, 11) is 0. The van der Waals surface area contributed by atoms with Gasteiger partial charge in [-0.3, -0.25) is 4.79 Å². The van der Waals surface area contributed by atoms with Gasteiger partial charge in [-0.1, -0.05) is 54.0 Å². The van der Waals surface area contributed by atoms with Crippen molar-refractivity contribution < 1.29 is 4.79 Å². The van der Waals surface area contributed by atoms with E-state index in [9.17, 15) is 4.79 Å². The molecule has 0 spiro atoms. The van der Waals surface area contributed by atoms with Crippen molar-refractivity contribution in [2.45, 2.75) is 61.3 Å². The van der Waals surface area contributed by atoms with Gasteiger partial charge in [0.05, 0.1) is 0 Å². The van der Waals surface area contributed by atoms with Crippen molar-refractivity contribution in [2.24, 2.45) is 10.8 Å². The molecule has 0 aromatic heterocycles. The number of carbonyl (C=O) groups is 1. The van der Waals surface area contributed by atoms with Crippen LogP contribution in [0.4, 0.5) is 0 Å². The van der Waals surface area contributed by atoms with Gasteiger partial charge in [0.15, 0.2) is 0 Å². The number of hydrogen-bond acceptors (Lipinski definition) is 1. The Morgan fingerprint density at radius 3 is 2.00 bits per heavy atom. The van der Waals surface area contributed by atoms with Gasteiger partial charge in [-0.05, 0) is 23.7 Å². The number of amides is 1. The largest absolute Gasteiger partial charge is 0.339 e. The van der Waals surface area contributed by atoms with Crippen LogP contribution >= 0.6 is 0 Å². The minimum Gasteiger partial charge on any atom is -0.339 e. The molecule has 104 valence electrons. The lowest BCUT2D eigenvalue weighted by Crippen LogP contribution is -2.43. The van der Waals surface area contributed by atoms with Gasteiger partial charge in [-0.25, -0.2) is 0 Å². The van der Waals surface area contributed by atoms with E-state index in [0.717, 1.165) is 31.5 Å². The molecular weight excluding hydrogens is 222 g/mol. The van der Waals surface area contributed by atoms with Gasteiger partial charge in [0.2, 0.25) is 5.91 Å². The fourth-order valence-electron chi connectivity index (χ4n) is 2.77. The zero-order valence-electron chi connectivity index (χ0n) is 13.2. The Hall–Kier alpha value is -0.790. The zero-order chi connectivity index (χ0) is 14.1. The molecule has 0 aromatic carbocycles. The van der Waals surface area contributed by atoms with Crippen LogP contribution in [0.2, 0.25) is 0 Å². The van der Waals surface area contributed by atoms with E-state index in [2.05, 4.69) is 48.5 Å². The van der Waals surface area contributed by atoms with Gasteiger partial charge >= 0.3 is 0 Å². The molecule has 0 radical (unpaired) electrons. The topological polar surface area (TPSA) is 20.3 Å². The van der Waals surface area contributed by atoms with E-state index < -0.39 is 0 Å². The van der Waals surface area contributed by atoms with E-state index in [1.54, 1.807) is 0 Å². The smallest absolute Gasteiger partial charge is 0.250 e. The van der Waals surface area contributed by atoms with E-state index in [-0.39, 0.29) is 16.7 Å². The second-order valence-corrected chi connectivity index (χ2v) is 7.40. The van der Waals surface area contributed by atoms with Gasteiger partial charge in [-0.2, -0.15) is 0 Å². The van der Waals surface area contributed by atoms with Crippen LogP contribution in [-0.2, 0) is 4.79 Å². The van der Waals surface area contributed by atoms with Crippen molar-refractivity contribution in [2.75, 3.05) is 13.1 Å². The van der Waals surface area contributed by atoms with E-state index in [1.807, 2.05) is 4.90 Å². The lowest BCUT2D eigenvalue weighted by atomic mass is 9.72. The Morgan fingerprint density at radius 2 is 1.61 bits per heavy atom. The fourth-order valence-corrected chi connectivity index (χ4v) is 2.77. The van der Waals surface area contributed by atoms with Crippen LogP contribution in [0.15, 0.2) is 11.1 Å². The SMILES string of the molecule is CCCN1CCC(C(C)(C)C)=C(C(C)(C)C)C1=O. The van der Waals surface area contributed by atoms with Crippen LogP contribution in [-0.4, -0.2) is 23.9 Å². The molecule has 0 fully saturated rings. The molecule has 0 aliphatic carbocycles. The molecule has 1 aliphatic rings. The maximum atomic E-state index is 12.7. The monoisotopic (exact) mass is 251 g/mol. The molecule has 2 heteroatoms. The first-order valence-electron chi connectivity index (χ1n) is 7.12. The Balaban J connectivity index is 3.25. The summed E-state index contributed by atoms with van der Waals surface area (Å²) in [5.41, 5.74) is 2.44. The minimum absolute atomic E-state index is 0.0634. The summed E-state index contributed by atoms with van der Waals surface area (Å²) in [4.78, 5) is 14.7. The number of nitrogens with zero attached hydrogens (tertiary/aromatic N) is 1. The van der Waals surface area contributed by atoms with Crippen LogP contribution in [0.3, 0.4) is 0 Å². The van der Waals surface area contributed by atoms with Gasteiger partial charge in [0.25, 0.3) is 0 Å². The highest BCUT2D eigenvalue weighted by Crippen LogP contribution is 2.41. The van der Waals surface area contributed by atoms with Crippen LogP contribution in [0.5, 0.6) is 0 Å². The highest BCUT2D eigenvalue weighted by Gasteiger charge is 2.37. The van der Waals surface area contributed by atoms with E-state index >= 15 is 0 Å². The summed E-state index contributed by atoms with van der Waals surface area (Å²) in [5.74, 6) is 0.264. The molecule has 0 atom stereocenters. The second kappa shape index (κ2) is 5.07. The lowest BCUT2D eigenvalue weighted by molar-refractivity contribution is -0.129. The first kappa shape index (κ1) is 15.3. The third-order valence-corrected chi connectivity index (χ3v) is 3.58. The van der Waals surface area contributed by atoms with Crippen molar-refractivity contribution in [1.29, 1.82) is 0 Å². The minimum atomic E-state index is -0.0634. The molecule has 18 heavy (non-hydrogen) atoms. The molecular formula is C16H29NO. The van der Waals surface area contributed by atoms with Crippen LogP contribution < -0.4 is 0 Å². The summed E-state index contributed by atoms with van der Waals surface area (Å²) in [6.45, 7) is 17.0. The molecule has 1 heterocycles. The molecule has 0 saturated heterocycles. The normalized spacial score (nSPS) is 18.6. The lowest BCUT2D eigenvalue weighted by Gasteiger charge is -2.40. The molecule has 0 N–H and O–H groups in total. The van der Waals surface area contributed by atoms with Crippen molar-refractivity contribution in [3.63, 3.8) is 0 Å². The maximum Gasteiger partial charge on any atom is 0.250 e. The first-order valence-corrected chi connectivity index (χ1v) is 7.12. The predicted molar refractivity (Wildman–Crippen MR) is 77.4 cm³/mol. The quantitative estimate of drug-likeness (QED) is 0.726. The summed E-state index contributed by atoms with van der Waals surface area (Å²) in [5, 5.41) is 0. The van der Waals surface area contributed by atoms with E-state index in [0.29, 0.717) is 0 Å². The van der Waals surface area contributed by atoms with E-state index in [4.69, 9.17) is 0 Å². The molecule has 1 aliphatic heterocycles. The van der Waals surface area contributed by atoms with Crippen LogP contribution in [0.25, 0.3) is 0 Å². The maximum absolute atomic E-state index is 12.7. The molecule has 1 amide bonds. The number of rotatable bonds is 2. The third-order valence-electron chi connectivity index (χ3n) is 3.58. The standard InChI is InChI=1S/C16H29NO/c1-8-10-17-11-9-12(15(2,3)4)13(14(17)18)16(5,6)7/h8-11H2,1-7H3.